The average molecular weight is 744 g/mol. The Morgan fingerprint density at radius 3 is 1.51 bits per heavy atom. The van der Waals surface area contributed by atoms with Crippen LogP contribution in [0.3, 0.4) is 0 Å². The number of hydrogen-bond acceptors (Lipinski definition) is 8. The van der Waals surface area contributed by atoms with E-state index in [1.165, 1.54) is 6.07 Å². The molecular weight excluding hydrogens is 711 g/mol. The van der Waals surface area contributed by atoms with E-state index in [9.17, 15) is 14.7 Å². The van der Waals surface area contributed by atoms with E-state index in [1.807, 2.05) is 104 Å². The molecule has 0 radical (unpaired) electrons. The number of anilines is 2. The first-order valence-corrected chi connectivity index (χ1v) is 18.4. The van der Waals surface area contributed by atoms with Crippen LogP contribution in [0.1, 0.15) is 48.5 Å². The van der Waals surface area contributed by atoms with Crippen molar-refractivity contribution < 1.29 is 23.5 Å². The minimum atomic E-state index is -0.338. The summed E-state index contributed by atoms with van der Waals surface area (Å²) in [4.78, 5) is 34.9. The number of oxazole rings is 2. The molecule has 10 rings (SSSR count). The van der Waals surface area contributed by atoms with Gasteiger partial charge in [-0.05, 0) is 90.8 Å². The Kier molecular flexibility index (Phi) is 9.04. The molecule has 0 unspecified atom stereocenters. The molecular formula is C49H33N3O5. The van der Waals surface area contributed by atoms with Crippen LogP contribution in [0, 0.1) is 6.92 Å². The molecule has 9 aromatic rings. The summed E-state index contributed by atoms with van der Waals surface area (Å²) in [7, 11) is 0. The molecule has 2 heterocycles. The number of carbonyl (C=O) groups is 2. The predicted octanol–water partition coefficient (Wildman–Crippen LogP) is 11.7. The first-order valence-electron chi connectivity index (χ1n) is 18.4. The van der Waals surface area contributed by atoms with Crippen molar-refractivity contribution in [1.82, 2.24) is 9.97 Å². The molecule has 0 amide bonds. The number of nitrogens with one attached hydrogen (secondary N) is 1. The van der Waals surface area contributed by atoms with Gasteiger partial charge in [0.05, 0.1) is 16.8 Å². The maximum atomic E-state index is 13.0. The topological polar surface area (TPSA) is 118 Å². The molecule has 2 aromatic heterocycles. The van der Waals surface area contributed by atoms with Crippen LogP contribution in [0.4, 0.5) is 11.4 Å². The third kappa shape index (κ3) is 6.99. The summed E-state index contributed by atoms with van der Waals surface area (Å²) < 4.78 is 11.7. The summed E-state index contributed by atoms with van der Waals surface area (Å²) in [6, 6.07) is 49.4. The number of aromatic nitrogens is 2. The highest BCUT2D eigenvalue weighted by Crippen LogP contribution is 2.38. The molecule has 0 saturated carbocycles. The fourth-order valence-corrected chi connectivity index (χ4v) is 6.76. The first kappa shape index (κ1) is 34.9. The van der Waals surface area contributed by atoms with E-state index in [0.717, 1.165) is 55.7 Å². The Balaban J connectivity index is 0.000000153. The zero-order valence-corrected chi connectivity index (χ0v) is 30.6. The second kappa shape index (κ2) is 14.8. The van der Waals surface area contributed by atoms with Gasteiger partial charge in [-0.25, -0.2) is 9.97 Å². The molecule has 0 bridgehead atoms. The number of ketones is 2. The van der Waals surface area contributed by atoms with Gasteiger partial charge in [0.25, 0.3) is 0 Å². The average Bonchev–Trinajstić information content (AvgIpc) is 3.89. The van der Waals surface area contributed by atoms with Gasteiger partial charge in [-0.15, -0.1) is 0 Å². The second-order valence-electron chi connectivity index (χ2n) is 13.6. The highest BCUT2D eigenvalue weighted by Gasteiger charge is 2.34. The van der Waals surface area contributed by atoms with Crippen LogP contribution in [-0.2, 0) is 0 Å². The number of aromatic hydroxyl groups is 1. The summed E-state index contributed by atoms with van der Waals surface area (Å²) in [6.07, 6.45) is 4.18. The molecule has 0 atom stereocenters. The monoisotopic (exact) mass is 743 g/mol. The van der Waals surface area contributed by atoms with Gasteiger partial charge in [-0.1, -0.05) is 103 Å². The van der Waals surface area contributed by atoms with Crippen LogP contribution >= 0.6 is 0 Å². The van der Waals surface area contributed by atoms with Gasteiger partial charge in [0.15, 0.2) is 22.7 Å². The van der Waals surface area contributed by atoms with E-state index < -0.39 is 0 Å². The van der Waals surface area contributed by atoms with Gasteiger partial charge < -0.3 is 19.3 Å². The van der Waals surface area contributed by atoms with Crippen LogP contribution in [-0.4, -0.2) is 26.6 Å². The maximum absolute atomic E-state index is 13.0. The predicted molar refractivity (Wildman–Crippen MR) is 224 cm³/mol. The van der Waals surface area contributed by atoms with Gasteiger partial charge >= 0.3 is 0 Å². The van der Waals surface area contributed by atoms with Crippen LogP contribution < -0.4 is 5.32 Å². The summed E-state index contributed by atoms with van der Waals surface area (Å²) >= 11 is 0. The quantitative estimate of drug-likeness (QED) is 0.128. The Morgan fingerprint density at radius 1 is 0.526 bits per heavy atom. The molecule has 7 aromatic carbocycles. The van der Waals surface area contributed by atoms with E-state index in [2.05, 4.69) is 51.7 Å². The van der Waals surface area contributed by atoms with Gasteiger partial charge in [-0.2, -0.15) is 0 Å². The number of phenols is 1. The number of hydrogen-bond donors (Lipinski definition) is 2. The fourth-order valence-electron chi connectivity index (χ4n) is 6.76. The summed E-state index contributed by atoms with van der Waals surface area (Å²) in [5.41, 5.74) is 10.8. The van der Waals surface area contributed by atoms with Gasteiger partial charge in [0.2, 0.25) is 11.8 Å². The van der Waals surface area contributed by atoms with Crippen molar-refractivity contribution in [1.29, 1.82) is 0 Å². The lowest BCUT2D eigenvalue weighted by atomic mass is 9.82. The summed E-state index contributed by atoms with van der Waals surface area (Å²) in [5.74, 6) is 0.483. The lowest BCUT2D eigenvalue weighted by Crippen LogP contribution is -2.22. The minimum absolute atomic E-state index is 0.0563. The second-order valence-corrected chi connectivity index (χ2v) is 13.6. The van der Waals surface area contributed by atoms with Crippen molar-refractivity contribution in [2.45, 2.75) is 6.92 Å². The Bertz CT molecular complexity index is 2790. The van der Waals surface area contributed by atoms with E-state index in [4.69, 9.17) is 8.83 Å². The molecule has 0 spiro atoms. The van der Waals surface area contributed by atoms with E-state index >= 15 is 0 Å². The van der Waals surface area contributed by atoms with Crippen molar-refractivity contribution in [3.05, 3.63) is 197 Å². The zero-order valence-electron chi connectivity index (χ0n) is 30.6. The van der Waals surface area contributed by atoms with Crippen molar-refractivity contribution in [2.75, 3.05) is 5.32 Å². The van der Waals surface area contributed by atoms with E-state index in [1.54, 1.807) is 30.3 Å². The van der Waals surface area contributed by atoms with Gasteiger partial charge in [0.1, 0.15) is 16.8 Å². The number of nitrogens with zero attached hydrogens (tertiary/aromatic N) is 2. The van der Waals surface area contributed by atoms with Crippen LogP contribution in [0.5, 0.6) is 5.75 Å². The molecule has 57 heavy (non-hydrogen) atoms. The number of carbonyl (C=O) groups excluding carboxylic acids is 2. The number of phenolic OH excluding ortho intramolecular Hbond substituents is 1. The standard InChI is InChI=1S/C28H18N2O2.C21H15NO3/c1-3-7-25-23(5-1)29-27(31-25)21-15-11-19(12-16-21)9-10-20-13-17-22(18-14-20)28-30-24-6-2-4-8-26(24)32-28;1-12-6-8-13(9-7-12)22-16-10-11-17(23)19-18(16)20(24)14-4-2-3-5-15(14)21(19)25/h1-18H;2-11,22-23H,1H3/b10-9+;. The fraction of sp³-hybridized carbons (Fsp3) is 0.0204. The number of para-hydroxylation sites is 4. The van der Waals surface area contributed by atoms with Crippen molar-refractivity contribution in [3.8, 4) is 28.7 Å². The van der Waals surface area contributed by atoms with Crippen LogP contribution in [0.2, 0.25) is 0 Å². The zero-order chi connectivity index (χ0) is 38.9. The first-order chi connectivity index (χ1) is 27.9. The van der Waals surface area contributed by atoms with Crippen molar-refractivity contribution in [3.63, 3.8) is 0 Å². The largest absolute Gasteiger partial charge is 0.507 e. The summed E-state index contributed by atoms with van der Waals surface area (Å²) in [6.45, 7) is 1.99. The summed E-state index contributed by atoms with van der Waals surface area (Å²) in [5, 5.41) is 13.4. The Labute approximate surface area is 327 Å². The third-order valence-electron chi connectivity index (χ3n) is 9.76. The maximum Gasteiger partial charge on any atom is 0.227 e. The molecule has 1 aliphatic rings. The number of fused-ring (bicyclic) bond motifs is 4. The number of aryl methyl sites for hydroxylation is 1. The molecule has 0 aliphatic heterocycles. The smallest absolute Gasteiger partial charge is 0.227 e. The Morgan fingerprint density at radius 2 is 1.00 bits per heavy atom. The van der Waals surface area contributed by atoms with Crippen LogP contribution in [0.15, 0.2) is 167 Å². The molecule has 8 heteroatoms. The highest BCUT2D eigenvalue weighted by atomic mass is 16.4. The number of rotatable bonds is 6. The normalized spacial score (nSPS) is 12.0. The van der Waals surface area contributed by atoms with Gasteiger partial charge in [0, 0.05) is 27.9 Å². The highest BCUT2D eigenvalue weighted by molar-refractivity contribution is 6.31. The Hall–Kier alpha value is -7.84. The van der Waals surface area contributed by atoms with Gasteiger partial charge in [-0.3, -0.25) is 9.59 Å². The SMILES string of the molecule is C(=C\c1ccc(-c2nc3ccccc3o2)cc1)/c1ccc(-c2nc3ccccc3o2)cc1.Cc1ccc(Nc2ccc(O)c3c2C(=O)c2ccccc2C3=O)cc1. The minimum Gasteiger partial charge on any atom is -0.507 e. The molecule has 0 fully saturated rings. The van der Waals surface area contributed by atoms with Crippen molar-refractivity contribution in [2.24, 2.45) is 0 Å². The molecule has 0 saturated heterocycles. The van der Waals surface area contributed by atoms with Crippen LogP contribution in [0.25, 0.3) is 57.3 Å². The molecule has 8 nitrogen and oxygen atoms in total. The molecule has 2 N–H and O–H groups in total. The third-order valence-corrected chi connectivity index (χ3v) is 9.76. The van der Waals surface area contributed by atoms with E-state index in [-0.39, 0.29) is 28.4 Å². The van der Waals surface area contributed by atoms with Crippen molar-refractivity contribution >= 4 is 57.3 Å². The lowest BCUT2D eigenvalue weighted by Gasteiger charge is -2.21. The lowest BCUT2D eigenvalue weighted by molar-refractivity contribution is 0.0977. The molecule has 1 aliphatic carbocycles. The molecule has 274 valence electrons. The number of benzene rings is 7. The van der Waals surface area contributed by atoms with E-state index in [0.29, 0.717) is 28.6 Å².